The number of aryl methyl sites for hydroxylation is 1. The molecular formula is C10H16N2O2S. The van der Waals surface area contributed by atoms with E-state index in [0.717, 1.165) is 11.6 Å². The highest BCUT2D eigenvalue weighted by Gasteiger charge is 2.17. The average Bonchev–Trinajstić information content (AvgIpc) is 2.84. The van der Waals surface area contributed by atoms with Crippen molar-refractivity contribution in [3.8, 4) is 0 Å². The Morgan fingerprint density at radius 2 is 2.33 bits per heavy atom. The van der Waals surface area contributed by atoms with Crippen LogP contribution in [-0.2, 0) is 9.47 Å². The van der Waals surface area contributed by atoms with Gasteiger partial charge in [0, 0.05) is 17.6 Å². The van der Waals surface area contributed by atoms with Gasteiger partial charge in [0.15, 0.2) is 6.29 Å². The molecule has 0 amide bonds. The largest absolute Gasteiger partial charge is 0.349 e. The van der Waals surface area contributed by atoms with Gasteiger partial charge in [-0.3, -0.25) is 0 Å². The highest BCUT2D eigenvalue weighted by atomic mass is 32.1. The molecule has 4 nitrogen and oxygen atoms in total. The van der Waals surface area contributed by atoms with Crippen LogP contribution >= 0.6 is 11.3 Å². The van der Waals surface area contributed by atoms with Gasteiger partial charge in [-0.25, -0.2) is 4.98 Å². The number of nitrogens with one attached hydrogen (secondary N) is 1. The lowest BCUT2D eigenvalue weighted by atomic mass is 10.3. The van der Waals surface area contributed by atoms with Gasteiger partial charge >= 0.3 is 0 Å². The van der Waals surface area contributed by atoms with Crippen LogP contribution in [0.5, 0.6) is 0 Å². The Bertz CT molecular complexity index is 310. The normalized spacial score (nSPS) is 19.6. The van der Waals surface area contributed by atoms with Gasteiger partial charge in [0.2, 0.25) is 0 Å². The smallest absolute Gasteiger partial charge is 0.170 e. The first-order valence-electron chi connectivity index (χ1n) is 5.14. The summed E-state index contributed by atoms with van der Waals surface area (Å²) >= 11 is 1.72. The Balaban J connectivity index is 1.79. The summed E-state index contributed by atoms with van der Waals surface area (Å²) in [6, 6.07) is 0.261. The Morgan fingerprint density at radius 3 is 2.93 bits per heavy atom. The lowest BCUT2D eigenvalue weighted by Gasteiger charge is -2.14. The van der Waals surface area contributed by atoms with E-state index in [2.05, 4.69) is 24.1 Å². The number of hydrogen-bond donors (Lipinski definition) is 1. The summed E-state index contributed by atoms with van der Waals surface area (Å²) in [4.78, 5) is 5.58. The van der Waals surface area contributed by atoms with Gasteiger partial charge in [0.25, 0.3) is 0 Å². The molecule has 1 aromatic rings. The van der Waals surface area contributed by atoms with Gasteiger partial charge in [-0.15, -0.1) is 11.3 Å². The molecule has 84 valence electrons. The Labute approximate surface area is 93.6 Å². The fourth-order valence-electron chi connectivity index (χ4n) is 1.46. The van der Waals surface area contributed by atoms with Crippen LogP contribution in [0, 0.1) is 6.92 Å². The number of ether oxygens (including phenoxy) is 2. The van der Waals surface area contributed by atoms with Crippen LogP contribution in [0.2, 0.25) is 0 Å². The van der Waals surface area contributed by atoms with Crippen LogP contribution in [0.1, 0.15) is 22.9 Å². The highest BCUT2D eigenvalue weighted by molar-refractivity contribution is 7.11. The molecule has 0 aromatic carbocycles. The molecule has 0 bridgehead atoms. The molecule has 1 aromatic heterocycles. The van der Waals surface area contributed by atoms with Crippen LogP contribution < -0.4 is 5.32 Å². The van der Waals surface area contributed by atoms with Crippen LogP contribution in [-0.4, -0.2) is 31.0 Å². The summed E-state index contributed by atoms with van der Waals surface area (Å²) in [5.41, 5.74) is 0. The number of hydrogen-bond acceptors (Lipinski definition) is 5. The molecule has 5 heteroatoms. The first kappa shape index (κ1) is 11.0. The van der Waals surface area contributed by atoms with Crippen molar-refractivity contribution in [1.82, 2.24) is 10.3 Å². The topological polar surface area (TPSA) is 43.4 Å². The fraction of sp³-hybridized carbons (Fsp3) is 0.700. The maximum Gasteiger partial charge on any atom is 0.170 e. The molecule has 1 aliphatic heterocycles. The van der Waals surface area contributed by atoms with E-state index in [1.807, 2.05) is 6.20 Å². The highest BCUT2D eigenvalue weighted by Crippen LogP contribution is 2.19. The molecule has 1 atom stereocenters. The predicted octanol–water partition coefficient (Wildman–Crippen LogP) is 1.48. The standard InChI is InChI=1S/C10H16N2O2S/c1-7-5-12-10(15-7)8(2)11-6-9-13-3-4-14-9/h5,8-9,11H,3-4,6H2,1-2H3/t8-/m1/s1. The molecule has 15 heavy (non-hydrogen) atoms. The van der Waals surface area contributed by atoms with E-state index in [1.165, 1.54) is 4.88 Å². The number of aromatic nitrogens is 1. The van der Waals surface area contributed by atoms with Gasteiger partial charge in [0.05, 0.1) is 19.3 Å². The molecule has 1 N–H and O–H groups in total. The first-order valence-corrected chi connectivity index (χ1v) is 5.96. The molecule has 2 heterocycles. The fourth-order valence-corrected chi connectivity index (χ4v) is 2.26. The average molecular weight is 228 g/mol. The summed E-state index contributed by atoms with van der Waals surface area (Å²) in [6.07, 6.45) is 1.81. The van der Waals surface area contributed by atoms with E-state index in [-0.39, 0.29) is 12.3 Å². The summed E-state index contributed by atoms with van der Waals surface area (Å²) in [5, 5.41) is 4.47. The van der Waals surface area contributed by atoms with Crippen LogP contribution in [0.4, 0.5) is 0 Å². The Hall–Kier alpha value is -0.490. The van der Waals surface area contributed by atoms with Gasteiger partial charge < -0.3 is 14.8 Å². The third kappa shape index (κ3) is 2.98. The van der Waals surface area contributed by atoms with Crippen molar-refractivity contribution in [3.63, 3.8) is 0 Å². The number of rotatable bonds is 4. The molecule has 0 saturated carbocycles. The van der Waals surface area contributed by atoms with Crippen molar-refractivity contribution in [2.75, 3.05) is 19.8 Å². The second-order valence-corrected chi connectivity index (χ2v) is 4.88. The molecule has 1 aliphatic rings. The predicted molar refractivity (Wildman–Crippen MR) is 59.0 cm³/mol. The van der Waals surface area contributed by atoms with Crippen molar-refractivity contribution < 1.29 is 9.47 Å². The molecule has 0 unspecified atom stereocenters. The number of nitrogens with zero attached hydrogens (tertiary/aromatic N) is 1. The minimum Gasteiger partial charge on any atom is -0.349 e. The molecule has 0 spiro atoms. The minimum absolute atomic E-state index is 0.0893. The second kappa shape index (κ2) is 5.03. The zero-order chi connectivity index (χ0) is 10.7. The van der Waals surface area contributed by atoms with Crippen molar-refractivity contribution in [3.05, 3.63) is 16.1 Å². The van der Waals surface area contributed by atoms with Gasteiger partial charge in [-0.1, -0.05) is 0 Å². The number of thiazole rings is 1. The Morgan fingerprint density at radius 1 is 1.60 bits per heavy atom. The monoisotopic (exact) mass is 228 g/mol. The van der Waals surface area contributed by atoms with Crippen molar-refractivity contribution in [2.24, 2.45) is 0 Å². The van der Waals surface area contributed by atoms with E-state index >= 15 is 0 Å². The third-order valence-corrected chi connectivity index (χ3v) is 3.39. The van der Waals surface area contributed by atoms with Gasteiger partial charge in [-0.2, -0.15) is 0 Å². The zero-order valence-corrected chi connectivity index (χ0v) is 9.84. The lowest BCUT2D eigenvalue weighted by molar-refractivity contribution is -0.0403. The molecule has 0 aliphatic carbocycles. The lowest BCUT2D eigenvalue weighted by Crippen LogP contribution is -2.29. The van der Waals surface area contributed by atoms with Crippen LogP contribution in [0.25, 0.3) is 0 Å². The van der Waals surface area contributed by atoms with Crippen LogP contribution in [0.3, 0.4) is 0 Å². The maximum absolute atomic E-state index is 5.34. The van der Waals surface area contributed by atoms with Crippen molar-refractivity contribution in [2.45, 2.75) is 26.2 Å². The first-order chi connectivity index (χ1) is 7.25. The van der Waals surface area contributed by atoms with Crippen LogP contribution in [0.15, 0.2) is 6.20 Å². The minimum atomic E-state index is -0.0893. The maximum atomic E-state index is 5.34. The molecular weight excluding hydrogens is 212 g/mol. The molecule has 1 saturated heterocycles. The Kier molecular flexibility index (Phi) is 3.69. The molecule has 1 fully saturated rings. The van der Waals surface area contributed by atoms with Crippen molar-refractivity contribution >= 4 is 11.3 Å². The van der Waals surface area contributed by atoms with E-state index in [1.54, 1.807) is 11.3 Å². The quantitative estimate of drug-likeness (QED) is 0.847. The van der Waals surface area contributed by atoms with E-state index < -0.39 is 0 Å². The third-order valence-electron chi connectivity index (χ3n) is 2.29. The summed E-state index contributed by atoms with van der Waals surface area (Å²) < 4.78 is 10.7. The second-order valence-electron chi connectivity index (χ2n) is 3.61. The molecule has 2 rings (SSSR count). The van der Waals surface area contributed by atoms with E-state index in [0.29, 0.717) is 13.2 Å². The van der Waals surface area contributed by atoms with Gasteiger partial charge in [0.1, 0.15) is 5.01 Å². The summed E-state index contributed by atoms with van der Waals surface area (Å²) in [7, 11) is 0. The SMILES string of the molecule is Cc1cnc([C@@H](C)NCC2OCCO2)s1. The zero-order valence-electron chi connectivity index (χ0n) is 9.03. The molecule has 0 radical (unpaired) electrons. The summed E-state index contributed by atoms with van der Waals surface area (Å²) in [6.45, 7) is 6.30. The van der Waals surface area contributed by atoms with E-state index in [9.17, 15) is 0 Å². The van der Waals surface area contributed by atoms with Gasteiger partial charge in [-0.05, 0) is 13.8 Å². The van der Waals surface area contributed by atoms with E-state index in [4.69, 9.17) is 9.47 Å². The van der Waals surface area contributed by atoms with Crippen molar-refractivity contribution in [1.29, 1.82) is 0 Å². The summed E-state index contributed by atoms with van der Waals surface area (Å²) in [5.74, 6) is 0.